The molecule has 0 saturated carbocycles. The van der Waals surface area contributed by atoms with Crippen LogP contribution in [0.4, 0.5) is 0 Å². The molecule has 14 heavy (non-hydrogen) atoms. The maximum Gasteiger partial charge on any atom is 0.303 e. The lowest BCUT2D eigenvalue weighted by Crippen LogP contribution is -2.20. The maximum atomic E-state index is 10.6. The first-order chi connectivity index (χ1) is 6.47. The molecule has 0 aliphatic carbocycles. The molecule has 1 unspecified atom stereocenters. The Morgan fingerprint density at radius 1 is 1.29 bits per heavy atom. The van der Waals surface area contributed by atoms with Gasteiger partial charge in [0.2, 0.25) is 0 Å². The van der Waals surface area contributed by atoms with Crippen molar-refractivity contribution in [2.75, 3.05) is 0 Å². The van der Waals surface area contributed by atoms with Crippen molar-refractivity contribution in [1.82, 2.24) is 0 Å². The van der Waals surface area contributed by atoms with Crippen molar-refractivity contribution in [3.05, 3.63) is 0 Å². The van der Waals surface area contributed by atoms with Crippen molar-refractivity contribution in [3.63, 3.8) is 0 Å². The molecule has 0 aromatic rings. The van der Waals surface area contributed by atoms with Crippen molar-refractivity contribution in [2.24, 2.45) is 11.3 Å². The van der Waals surface area contributed by atoms with Crippen molar-refractivity contribution < 1.29 is 9.90 Å². The third kappa shape index (κ3) is 4.64. The molecule has 0 aromatic carbocycles. The highest BCUT2D eigenvalue weighted by Gasteiger charge is 2.24. The van der Waals surface area contributed by atoms with Crippen molar-refractivity contribution >= 4 is 5.97 Å². The van der Waals surface area contributed by atoms with Gasteiger partial charge in [0.15, 0.2) is 0 Å². The zero-order valence-electron chi connectivity index (χ0n) is 9.97. The summed E-state index contributed by atoms with van der Waals surface area (Å²) < 4.78 is 0. The molecule has 0 saturated heterocycles. The van der Waals surface area contributed by atoms with Crippen LogP contribution in [0.15, 0.2) is 0 Å². The molecule has 2 heteroatoms. The molecule has 0 spiro atoms. The normalized spacial score (nSPS) is 14.0. The molecule has 0 aliphatic heterocycles. The van der Waals surface area contributed by atoms with Gasteiger partial charge < -0.3 is 5.11 Å². The van der Waals surface area contributed by atoms with Crippen LogP contribution in [0.2, 0.25) is 0 Å². The van der Waals surface area contributed by atoms with E-state index in [4.69, 9.17) is 5.11 Å². The minimum Gasteiger partial charge on any atom is -0.481 e. The van der Waals surface area contributed by atoms with Crippen LogP contribution in [0, 0.1) is 11.3 Å². The minimum atomic E-state index is -0.661. The molecule has 0 heterocycles. The van der Waals surface area contributed by atoms with Crippen molar-refractivity contribution in [1.29, 1.82) is 0 Å². The summed E-state index contributed by atoms with van der Waals surface area (Å²) in [4.78, 5) is 10.6. The van der Waals surface area contributed by atoms with E-state index < -0.39 is 5.97 Å². The molecule has 1 N–H and O–H groups in total. The molecule has 0 rings (SSSR count). The molecule has 0 aliphatic rings. The van der Waals surface area contributed by atoms with Crippen LogP contribution in [0.5, 0.6) is 0 Å². The zero-order chi connectivity index (χ0) is 11.2. The molecule has 1 atom stereocenters. The van der Waals surface area contributed by atoms with Crippen LogP contribution in [0.1, 0.15) is 59.8 Å². The summed E-state index contributed by atoms with van der Waals surface area (Å²) in [7, 11) is 0. The SMILES string of the molecule is CCC(CC(=O)O)CC(C)(CC)CC. The van der Waals surface area contributed by atoms with Gasteiger partial charge in [-0.15, -0.1) is 0 Å². The lowest BCUT2D eigenvalue weighted by Gasteiger charge is -2.30. The molecular weight excluding hydrogens is 176 g/mol. The van der Waals surface area contributed by atoms with Crippen LogP contribution in [-0.4, -0.2) is 11.1 Å². The van der Waals surface area contributed by atoms with E-state index in [0.29, 0.717) is 17.8 Å². The standard InChI is InChI=1S/C12H24O2/c1-5-10(8-11(13)14)9-12(4,6-2)7-3/h10H,5-9H2,1-4H3,(H,13,14). The second-order valence-electron chi connectivity index (χ2n) is 4.59. The number of carboxylic acid groups (broad SMARTS) is 1. The average molecular weight is 200 g/mol. The smallest absolute Gasteiger partial charge is 0.303 e. The Kier molecular flexibility index (Phi) is 5.82. The van der Waals surface area contributed by atoms with E-state index in [0.717, 1.165) is 25.7 Å². The van der Waals surface area contributed by atoms with Crippen molar-refractivity contribution in [3.8, 4) is 0 Å². The Morgan fingerprint density at radius 2 is 1.79 bits per heavy atom. The van der Waals surface area contributed by atoms with Crippen LogP contribution in [0.3, 0.4) is 0 Å². The van der Waals surface area contributed by atoms with Gasteiger partial charge in [-0.25, -0.2) is 0 Å². The van der Waals surface area contributed by atoms with Gasteiger partial charge in [0.05, 0.1) is 0 Å². The third-order valence-electron chi connectivity index (χ3n) is 3.53. The predicted octanol–water partition coefficient (Wildman–Crippen LogP) is 3.70. The van der Waals surface area contributed by atoms with Gasteiger partial charge >= 0.3 is 5.97 Å². The van der Waals surface area contributed by atoms with Crippen LogP contribution >= 0.6 is 0 Å². The Balaban J connectivity index is 4.21. The topological polar surface area (TPSA) is 37.3 Å². The van der Waals surface area contributed by atoms with Gasteiger partial charge in [-0.3, -0.25) is 4.79 Å². The predicted molar refractivity (Wildman–Crippen MR) is 59.3 cm³/mol. The summed E-state index contributed by atoms with van der Waals surface area (Å²) in [6.07, 6.45) is 4.62. The fourth-order valence-electron chi connectivity index (χ4n) is 1.84. The Labute approximate surface area is 87.7 Å². The molecule has 0 amide bonds. The molecule has 0 aromatic heterocycles. The highest BCUT2D eigenvalue weighted by Crippen LogP contribution is 2.35. The second-order valence-corrected chi connectivity index (χ2v) is 4.59. The largest absolute Gasteiger partial charge is 0.481 e. The van der Waals surface area contributed by atoms with Crippen LogP contribution in [0.25, 0.3) is 0 Å². The first-order valence-electron chi connectivity index (χ1n) is 5.69. The molecule has 84 valence electrons. The molecule has 0 fully saturated rings. The van der Waals surface area contributed by atoms with E-state index in [1.54, 1.807) is 0 Å². The van der Waals surface area contributed by atoms with E-state index in [2.05, 4.69) is 27.7 Å². The summed E-state index contributed by atoms with van der Waals surface area (Å²) in [5.74, 6) is -0.316. The quantitative estimate of drug-likeness (QED) is 0.680. The van der Waals surface area contributed by atoms with E-state index in [9.17, 15) is 4.79 Å². The Hall–Kier alpha value is -0.530. The summed E-state index contributed by atoms with van der Waals surface area (Å²) in [5, 5.41) is 8.76. The Morgan fingerprint density at radius 3 is 2.07 bits per heavy atom. The van der Waals surface area contributed by atoms with Crippen LogP contribution in [-0.2, 0) is 4.79 Å². The van der Waals surface area contributed by atoms with Gasteiger partial charge in [-0.05, 0) is 17.8 Å². The van der Waals surface area contributed by atoms with E-state index in [1.165, 1.54) is 0 Å². The molecular formula is C12H24O2. The van der Waals surface area contributed by atoms with E-state index >= 15 is 0 Å². The minimum absolute atomic E-state index is 0.325. The maximum absolute atomic E-state index is 10.6. The second kappa shape index (κ2) is 6.05. The zero-order valence-corrected chi connectivity index (χ0v) is 9.97. The summed E-state index contributed by atoms with van der Waals surface area (Å²) in [6, 6.07) is 0. The fourth-order valence-corrected chi connectivity index (χ4v) is 1.84. The third-order valence-corrected chi connectivity index (χ3v) is 3.53. The first-order valence-corrected chi connectivity index (χ1v) is 5.69. The molecule has 0 radical (unpaired) electrons. The lowest BCUT2D eigenvalue weighted by atomic mass is 9.75. The lowest BCUT2D eigenvalue weighted by molar-refractivity contribution is -0.138. The van der Waals surface area contributed by atoms with Gasteiger partial charge in [0.1, 0.15) is 0 Å². The molecule has 0 bridgehead atoms. The van der Waals surface area contributed by atoms with E-state index in [-0.39, 0.29) is 0 Å². The van der Waals surface area contributed by atoms with Crippen LogP contribution < -0.4 is 0 Å². The van der Waals surface area contributed by atoms with Gasteiger partial charge in [-0.1, -0.05) is 47.0 Å². The number of rotatable bonds is 7. The monoisotopic (exact) mass is 200 g/mol. The Bertz CT molecular complexity index is 171. The number of carboxylic acids is 1. The number of hydrogen-bond acceptors (Lipinski definition) is 1. The van der Waals surface area contributed by atoms with Gasteiger partial charge in [0.25, 0.3) is 0 Å². The van der Waals surface area contributed by atoms with Crippen molar-refractivity contribution in [2.45, 2.75) is 59.8 Å². The number of carbonyl (C=O) groups is 1. The first kappa shape index (κ1) is 13.5. The highest BCUT2D eigenvalue weighted by molar-refractivity contribution is 5.66. The highest BCUT2D eigenvalue weighted by atomic mass is 16.4. The summed E-state index contributed by atoms with van der Waals surface area (Å²) >= 11 is 0. The fraction of sp³-hybridized carbons (Fsp3) is 0.917. The number of hydrogen-bond donors (Lipinski definition) is 1. The van der Waals surface area contributed by atoms with E-state index in [1.807, 2.05) is 0 Å². The molecule has 2 nitrogen and oxygen atoms in total. The average Bonchev–Trinajstić information content (AvgIpc) is 2.16. The van der Waals surface area contributed by atoms with Gasteiger partial charge in [-0.2, -0.15) is 0 Å². The number of aliphatic carboxylic acids is 1. The summed E-state index contributed by atoms with van der Waals surface area (Å²) in [5.41, 5.74) is 0.329. The van der Waals surface area contributed by atoms with Gasteiger partial charge in [0, 0.05) is 6.42 Å². The summed E-state index contributed by atoms with van der Waals surface area (Å²) in [6.45, 7) is 8.73.